The summed E-state index contributed by atoms with van der Waals surface area (Å²) < 4.78 is 10.7. The number of hydrogen-bond donors (Lipinski definition) is 0. The molecule has 19 heavy (non-hydrogen) atoms. The summed E-state index contributed by atoms with van der Waals surface area (Å²) in [4.78, 5) is 2.50. The van der Waals surface area contributed by atoms with Gasteiger partial charge in [-0.1, -0.05) is 6.08 Å². The van der Waals surface area contributed by atoms with Crippen LogP contribution in [0.15, 0.2) is 24.8 Å². The summed E-state index contributed by atoms with van der Waals surface area (Å²) >= 11 is 0. The van der Waals surface area contributed by atoms with E-state index < -0.39 is 0 Å². The molecule has 0 bridgehead atoms. The molecular weight excluding hydrogens is 238 g/mol. The van der Waals surface area contributed by atoms with Gasteiger partial charge in [0.1, 0.15) is 0 Å². The summed E-state index contributed by atoms with van der Waals surface area (Å²) in [6.45, 7) is 7.04. The van der Waals surface area contributed by atoms with Gasteiger partial charge in [-0.3, -0.25) is 4.90 Å². The fourth-order valence-corrected chi connectivity index (χ4v) is 2.59. The molecule has 0 atom stereocenters. The van der Waals surface area contributed by atoms with Gasteiger partial charge in [0.05, 0.1) is 14.2 Å². The predicted octanol–water partition coefficient (Wildman–Crippen LogP) is 3.03. The molecule has 0 unspecified atom stereocenters. The Hall–Kier alpha value is -1.48. The highest BCUT2D eigenvalue weighted by atomic mass is 16.5. The molecule has 0 saturated carbocycles. The average Bonchev–Trinajstić information content (AvgIpc) is 2.46. The molecule has 1 aliphatic rings. The van der Waals surface area contributed by atoms with Gasteiger partial charge in [-0.05, 0) is 49.1 Å². The summed E-state index contributed by atoms with van der Waals surface area (Å²) in [5.41, 5.74) is 2.75. The fraction of sp³-hybridized carbons (Fsp3) is 0.500. The molecule has 0 fully saturated rings. The number of benzene rings is 1. The Morgan fingerprint density at radius 2 is 1.89 bits per heavy atom. The molecule has 0 spiro atoms. The lowest BCUT2D eigenvalue weighted by Crippen LogP contribution is -2.31. The van der Waals surface area contributed by atoms with Crippen LogP contribution in [0.2, 0.25) is 0 Å². The Bertz CT molecular complexity index is 443. The van der Waals surface area contributed by atoms with Gasteiger partial charge in [0.25, 0.3) is 0 Å². The Kier molecular flexibility index (Phi) is 4.86. The Morgan fingerprint density at radius 3 is 2.53 bits per heavy atom. The average molecular weight is 261 g/mol. The third-order valence-electron chi connectivity index (χ3n) is 3.68. The van der Waals surface area contributed by atoms with Crippen molar-refractivity contribution in [2.75, 3.05) is 27.3 Å². The summed E-state index contributed by atoms with van der Waals surface area (Å²) in [6.07, 6.45) is 5.36. The van der Waals surface area contributed by atoms with Crippen molar-refractivity contribution in [3.05, 3.63) is 35.9 Å². The van der Waals surface area contributed by atoms with Gasteiger partial charge in [-0.2, -0.15) is 0 Å². The van der Waals surface area contributed by atoms with E-state index >= 15 is 0 Å². The van der Waals surface area contributed by atoms with Gasteiger partial charge in [0.2, 0.25) is 0 Å². The summed E-state index contributed by atoms with van der Waals surface area (Å²) in [7, 11) is 3.38. The van der Waals surface area contributed by atoms with Crippen molar-refractivity contribution in [1.29, 1.82) is 0 Å². The quantitative estimate of drug-likeness (QED) is 0.580. The molecule has 1 aromatic rings. The van der Waals surface area contributed by atoms with Gasteiger partial charge >= 0.3 is 0 Å². The number of hydrogen-bond acceptors (Lipinski definition) is 3. The minimum atomic E-state index is 0.828. The van der Waals surface area contributed by atoms with Gasteiger partial charge in [-0.15, -0.1) is 6.58 Å². The molecular formula is C16H23NO2. The van der Waals surface area contributed by atoms with Crippen LogP contribution in [0.1, 0.15) is 24.0 Å². The third kappa shape index (κ3) is 3.29. The van der Waals surface area contributed by atoms with E-state index in [2.05, 4.69) is 23.6 Å². The molecule has 0 saturated heterocycles. The zero-order valence-electron chi connectivity index (χ0n) is 11.9. The first kappa shape index (κ1) is 13.9. The van der Waals surface area contributed by atoms with E-state index in [9.17, 15) is 0 Å². The normalized spacial score (nSPS) is 14.8. The molecule has 104 valence electrons. The molecule has 2 rings (SSSR count). The molecule has 0 aliphatic carbocycles. The van der Waals surface area contributed by atoms with Crippen molar-refractivity contribution in [1.82, 2.24) is 4.90 Å². The first-order valence-electron chi connectivity index (χ1n) is 6.85. The molecule has 0 aromatic heterocycles. The lowest BCUT2D eigenvalue weighted by atomic mass is 9.98. The van der Waals surface area contributed by atoms with E-state index in [1.807, 2.05) is 6.08 Å². The summed E-state index contributed by atoms with van der Waals surface area (Å²) in [5.74, 6) is 1.66. The fourth-order valence-electron chi connectivity index (χ4n) is 2.59. The summed E-state index contributed by atoms with van der Waals surface area (Å²) in [5, 5.41) is 0. The van der Waals surface area contributed by atoms with Gasteiger partial charge in [0.15, 0.2) is 11.5 Å². The van der Waals surface area contributed by atoms with Crippen LogP contribution in [-0.4, -0.2) is 32.2 Å². The molecule has 0 N–H and O–H groups in total. The lowest BCUT2D eigenvalue weighted by molar-refractivity contribution is 0.250. The van der Waals surface area contributed by atoms with Crippen LogP contribution in [0.5, 0.6) is 11.5 Å². The number of nitrogens with zero attached hydrogens (tertiary/aromatic N) is 1. The predicted molar refractivity (Wildman–Crippen MR) is 78.0 cm³/mol. The standard InChI is InChI=1S/C16H23NO2/c1-4-5-6-8-17-9-7-13-10-15(18-2)16(19-3)11-14(13)12-17/h4,10-11H,1,5-9,12H2,2-3H3. The van der Waals surface area contributed by atoms with Crippen molar-refractivity contribution in [3.8, 4) is 11.5 Å². The van der Waals surface area contributed by atoms with Crippen molar-refractivity contribution in [2.24, 2.45) is 0 Å². The van der Waals surface area contributed by atoms with Crippen molar-refractivity contribution >= 4 is 0 Å². The largest absolute Gasteiger partial charge is 0.493 e. The van der Waals surface area contributed by atoms with E-state index in [1.54, 1.807) is 14.2 Å². The monoisotopic (exact) mass is 261 g/mol. The molecule has 0 amide bonds. The van der Waals surface area contributed by atoms with Gasteiger partial charge < -0.3 is 9.47 Å². The number of ether oxygens (including phenoxy) is 2. The third-order valence-corrected chi connectivity index (χ3v) is 3.68. The lowest BCUT2D eigenvalue weighted by Gasteiger charge is -2.29. The van der Waals surface area contributed by atoms with E-state index in [4.69, 9.17) is 9.47 Å². The van der Waals surface area contributed by atoms with Crippen LogP contribution in [0.4, 0.5) is 0 Å². The highest BCUT2D eigenvalue weighted by Crippen LogP contribution is 2.33. The number of rotatable bonds is 6. The molecule has 3 heteroatoms. The van der Waals surface area contributed by atoms with Gasteiger partial charge in [-0.25, -0.2) is 0 Å². The van der Waals surface area contributed by atoms with E-state index in [-0.39, 0.29) is 0 Å². The zero-order valence-corrected chi connectivity index (χ0v) is 11.9. The molecule has 1 aliphatic heterocycles. The smallest absolute Gasteiger partial charge is 0.161 e. The molecule has 1 heterocycles. The maximum Gasteiger partial charge on any atom is 0.161 e. The van der Waals surface area contributed by atoms with Crippen LogP contribution in [0.25, 0.3) is 0 Å². The number of unbranched alkanes of at least 4 members (excludes halogenated alkanes) is 1. The van der Waals surface area contributed by atoms with E-state index in [0.717, 1.165) is 44.0 Å². The van der Waals surface area contributed by atoms with Crippen LogP contribution in [0, 0.1) is 0 Å². The summed E-state index contributed by atoms with van der Waals surface area (Å²) in [6, 6.07) is 4.24. The maximum atomic E-state index is 5.38. The second-order valence-electron chi connectivity index (χ2n) is 4.93. The minimum absolute atomic E-state index is 0.828. The Balaban J connectivity index is 2.09. The van der Waals surface area contributed by atoms with Crippen LogP contribution in [0.3, 0.4) is 0 Å². The maximum absolute atomic E-state index is 5.38. The van der Waals surface area contributed by atoms with Crippen LogP contribution < -0.4 is 9.47 Å². The van der Waals surface area contributed by atoms with E-state index in [0.29, 0.717) is 0 Å². The number of methoxy groups -OCH3 is 2. The van der Waals surface area contributed by atoms with E-state index in [1.165, 1.54) is 17.5 Å². The second kappa shape index (κ2) is 6.62. The van der Waals surface area contributed by atoms with Crippen molar-refractivity contribution < 1.29 is 9.47 Å². The highest BCUT2D eigenvalue weighted by Gasteiger charge is 2.18. The van der Waals surface area contributed by atoms with Crippen molar-refractivity contribution in [2.45, 2.75) is 25.8 Å². The second-order valence-corrected chi connectivity index (χ2v) is 4.93. The topological polar surface area (TPSA) is 21.7 Å². The van der Waals surface area contributed by atoms with Crippen LogP contribution in [-0.2, 0) is 13.0 Å². The highest BCUT2D eigenvalue weighted by molar-refractivity contribution is 5.48. The zero-order chi connectivity index (χ0) is 13.7. The molecule has 1 aromatic carbocycles. The Labute approximate surface area is 115 Å². The minimum Gasteiger partial charge on any atom is -0.493 e. The first-order valence-corrected chi connectivity index (χ1v) is 6.85. The first-order chi connectivity index (χ1) is 9.28. The molecule has 3 nitrogen and oxygen atoms in total. The molecule has 0 radical (unpaired) electrons. The Morgan fingerprint density at radius 1 is 1.21 bits per heavy atom. The van der Waals surface area contributed by atoms with Crippen LogP contribution >= 0.6 is 0 Å². The number of allylic oxidation sites excluding steroid dienone is 1. The van der Waals surface area contributed by atoms with Crippen molar-refractivity contribution in [3.63, 3.8) is 0 Å². The SMILES string of the molecule is C=CCCCN1CCc2cc(OC)c(OC)cc2C1. The van der Waals surface area contributed by atoms with Gasteiger partial charge in [0, 0.05) is 13.1 Å². The number of fused-ring (bicyclic) bond motifs is 1.